The van der Waals surface area contributed by atoms with Gasteiger partial charge in [0, 0.05) is 0 Å². The fourth-order valence-electron chi connectivity index (χ4n) is 3.03. The Hall–Kier alpha value is -0.610. The molecule has 21 heavy (non-hydrogen) atoms. The molecule has 0 spiro atoms. The summed E-state index contributed by atoms with van der Waals surface area (Å²) in [7, 11) is 0. The van der Waals surface area contributed by atoms with Gasteiger partial charge in [0.25, 0.3) is 0 Å². The van der Waals surface area contributed by atoms with Crippen LogP contribution in [0, 0.1) is 5.92 Å². The van der Waals surface area contributed by atoms with Crippen LogP contribution in [0.1, 0.15) is 65.7 Å². The van der Waals surface area contributed by atoms with E-state index in [0.29, 0.717) is 6.42 Å². The van der Waals surface area contributed by atoms with Gasteiger partial charge in [0.05, 0.1) is 0 Å². The van der Waals surface area contributed by atoms with Crippen molar-refractivity contribution in [2.45, 2.75) is 71.3 Å². The van der Waals surface area contributed by atoms with Crippen molar-refractivity contribution in [1.29, 1.82) is 0 Å². The lowest BCUT2D eigenvalue weighted by Gasteiger charge is -2.27. The number of carbonyl (C=O) groups is 1. The first-order valence-corrected chi connectivity index (χ1v) is 8.68. The van der Waals surface area contributed by atoms with E-state index in [2.05, 4.69) is 24.1 Å². The van der Waals surface area contributed by atoms with Gasteiger partial charge >= 0.3 is 5.97 Å². The van der Waals surface area contributed by atoms with Gasteiger partial charge in [0.2, 0.25) is 0 Å². The van der Waals surface area contributed by atoms with Crippen LogP contribution in [0.2, 0.25) is 0 Å². The van der Waals surface area contributed by atoms with Gasteiger partial charge in [-0.25, -0.2) is 0 Å². The number of hydrogen-bond donors (Lipinski definition) is 2. The Kier molecular flexibility index (Phi) is 8.27. The van der Waals surface area contributed by atoms with Crippen molar-refractivity contribution in [2.24, 2.45) is 5.92 Å². The number of nitrogens with zero attached hydrogens (tertiary/aromatic N) is 1. The van der Waals surface area contributed by atoms with Gasteiger partial charge in [-0.05, 0) is 84.0 Å². The zero-order chi connectivity index (χ0) is 15.7. The predicted molar refractivity (Wildman–Crippen MR) is 87.6 cm³/mol. The van der Waals surface area contributed by atoms with Gasteiger partial charge in [-0.3, -0.25) is 4.79 Å². The van der Waals surface area contributed by atoms with E-state index in [1.807, 2.05) is 6.92 Å². The predicted octanol–water partition coefficient (Wildman–Crippen LogP) is 3.12. The van der Waals surface area contributed by atoms with E-state index in [1.165, 1.54) is 32.4 Å². The molecule has 2 unspecified atom stereocenters. The smallest absolute Gasteiger partial charge is 0.323 e. The fourth-order valence-corrected chi connectivity index (χ4v) is 3.03. The molecule has 1 saturated heterocycles. The second kappa shape index (κ2) is 9.42. The molecule has 0 radical (unpaired) electrons. The Morgan fingerprint density at radius 1 is 1.33 bits per heavy atom. The fraction of sp³-hybridized carbons (Fsp3) is 0.941. The zero-order valence-corrected chi connectivity index (χ0v) is 14.2. The second-order valence-electron chi connectivity index (χ2n) is 6.90. The van der Waals surface area contributed by atoms with Gasteiger partial charge in [0.1, 0.15) is 5.54 Å². The molecule has 4 heteroatoms. The third-order valence-corrected chi connectivity index (χ3v) is 4.75. The first-order valence-electron chi connectivity index (χ1n) is 8.68. The molecule has 0 aromatic heterocycles. The first-order chi connectivity index (χ1) is 9.98. The molecular weight excluding hydrogens is 264 g/mol. The lowest BCUT2D eigenvalue weighted by molar-refractivity contribution is -0.144. The van der Waals surface area contributed by atoms with Crippen LogP contribution in [0.4, 0.5) is 0 Å². The first kappa shape index (κ1) is 18.4. The molecule has 0 saturated carbocycles. The van der Waals surface area contributed by atoms with Crippen molar-refractivity contribution in [1.82, 2.24) is 10.2 Å². The van der Waals surface area contributed by atoms with Crippen LogP contribution in [-0.2, 0) is 4.79 Å². The van der Waals surface area contributed by atoms with E-state index in [1.54, 1.807) is 0 Å². The average Bonchev–Trinajstić information content (AvgIpc) is 2.66. The summed E-state index contributed by atoms with van der Waals surface area (Å²) in [6.45, 7) is 10.6. The van der Waals surface area contributed by atoms with Gasteiger partial charge in [-0.15, -0.1) is 0 Å². The average molecular weight is 298 g/mol. The number of hydrogen-bond acceptors (Lipinski definition) is 3. The van der Waals surface area contributed by atoms with Crippen molar-refractivity contribution >= 4 is 5.97 Å². The molecule has 1 heterocycles. The van der Waals surface area contributed by atoms with E-state index < -0.39 is 11.5 Å². The minimum absolute atomic E-state index is 0.715. The maximum Gasteiger partial charge on any atom is 0.323 e. The van der Waals surface area contributed by atoms with Crippen molar-refractivity contribution in [3.63, 3.8) is 0 Å². The summed E-state index contributed by atoms with van der Waals surface area (Å²) in [6.07, 6.45) is 7.74. The molecule has 1 aliphatic rings. The third-order valence-electron chi connectivity index (χ3n) is 4.75. The molecule has 4 nitrogen and oxygen atoms in total. The maximum atomic E-state index is 11.4. The molecule has 0 aromatic carbocycles. The molecule has 0 aromatic rings. The highest BCUT2D eigenvalue weighted by atomic mass is 16.4. The molecule has 0 amide bonds. The highest BCUT2D eigenvalue weighted by Crippen LogP contribution is 2.18. The SMILES string of the molecule is CCCNC(C)(CCCCN1CCCC(C)CC1)C(=O)O. The Balaban J connectivity index is 2.26. The molecular formula is C17H34N2O2. The van der Waals surface area contributed by atoms with Crippen molar-refractivity contribution < 1.29 is 9.90 Å². The van der Waals surface area contributed by atoms with E-state index in [0.717, 1.165) is 38.3 Å². The van der Waals surface area contributed by atoms with Crippen molar-refractivity contribution in [3.05, 3.63) is 0 Å². The van der Waals surface area contributed by atoms with Gasteiger partial charge in [-0.1, -0.05) is 13.8 Å². The lowest BCUT2D eigenvalue weighted by Crippen LogP contribution is -2.49. The number of carboxylic acid groups (broad SMARTS) is 1. The Labute approximate surface area is 130 Å². The number of nitrogens with one attached hydrogen (secondary N) is 1. The summed E-state index contributed by atoms with van der Waals surface area (Å²) >= 11 is 0. The third kappa shape index (κ3) is 6.79. The van der Waals surface area contributed by atoms with Crippen LogP contribution >= 0.6 is 0 Å². The minimum Gasteiger partial charge on any atom is -0.480 e. The summed E-state index contributed by atoms with van der Waals surface area (Å²) < 4.78 is 0. The number of rotatable bonds is 9. The molecule has 2 atom stereocenters. The van der Waals surface area contributed by atoms with Gasteiger partial charge in [-0.2, -0.15) is 0 Å². The van der Waals surface area contributed by atoms with Crippen LogP contribution in [0.5, 0.6) is 0 Å². The molecule has 1 aliphatic heterocycles. The summed E-state index contributed by atoms with van der Waals surface area (Å²) in [5, 5.41) is 12.6. The van der Waals surface area contributed by atoms with Gasteiger partial charge < -0.3 is 15.3 Å². The molecule has 1 fully saturated rings. The summed E-state index contributed by atoms with van der Waals surface area (Å²) in [5.41, 5.74) is -0.761. The summed E-state index contributed by atoms with van der Waals surface area (Å²) in [6, 6.07) is 0. The van der Waals surface area contributed by atoms with Crippen LogP contribution in [-0.4, -0.2) is 47.7 Å². The minimum atomic E-state index is -0.761. The lowest BCUT2D eigenvalue weighted by atomic mass is 9.94. The number of aliphatic carboxylic acids is 1. The van der Waals surface area contributed by atoms with E-state index in [9.17, 15) is 9.90 Å². The quantitative estimate of drug-likeness (QED) is 0.642. The molecule has 1 rings (SSSR count). The Morgan fingerprint density at radius 2 is 2.10 bits per heavy atom. The van der Waals surface area contributed by atoms with E-state index in [4.69, 9.17) is 0 Å². The van der Waals surface area contributed by atoms with Crippen LogP contribution in [0.15, 0.2) is 0 Å². The monoisotopic (exact) mass is 298 g/mol. The van der Waals surface area contributed by atoms with Gasteiger partial charge in [0.15, 0.2) is 0 Å². The molecule has 0 bridgehead atoms. The van der Waals surface area contributed by atoms with Crippen molar-refractivity contribution in [3.8, 4) is 0 Å². The van der Waals surface area contributed by atoms with Crippen LogP contribution < -0.4 is 5.32 Å². The Morgan fingerprint density at radius 3 is 2.76 bits per heavy atom. The highest BCUT2D eigenvalue weighted by molar-refractivity contribution is 5.78. The summed E-state index contributed by atoms with van der Waals surface area (Å²) in [4.78, 5) is 14.0. The number of unbranched alkanes of at least 4 members (excludes halogenated alkanes) is 1. The highest BCUT2D eigenvalue weighted by Gasteiger charge is 2.31. The molecule has 2 N–H and O–H groups in total. The second-order valence-corrected chi connectivity index (χ2v) is 6.90. The topological polar surface area (TPSA) is 52.6 Å². The van der Waals surface area contributed by atoms with E-state index >= 15 is 0 Å². The Bertz CT molecular complexity index is 309. The maximum absolute atomic E-state index is 11.4. The van der Waals surface area contributed by atoms with Crippen LogP contribution in [0.25, 0.3) is 0 Å². The zero-order valence-electron chi connectivity index (χ0n) is 14.2. The van der Waals surface area contributed by atoms with E-state index in [-0.39, 0.29) is 0 Å². The molecule has 124 valence electrons. The number of carboxylic acids is 1. The van der Waals surface area contributed by atoms with Crippen molar-refractivity contribution in [2.75, 3.05) is 26.2 Å². The normalized spacial score (nSPS) is 23.5. The summed E-state index contributed by atoms with van der Waals surface area (Å²) in [5.74, 6) is 0.142. The largest absolute Gasteiger partial charge is 0.480 e. The van der Waals surface area contributed by atoms with Crippen LogP contribution in [0.3, 0.4) is 0 Å². The molecule has 0 aliphatic carbocycles. The standard InChI is InChI=1S/C17H34N2O2/c1-4-11-18-17(3,16(20)21)10-5-6-12-19-13-7-8-15(2)9-14-19/h15,18H,4-14H2,1-3H3,(H,20,21). The number of likely N-dealkylation sites (tertiary alicyclic amines) is 1.